The minimum absolute atomic E-state index is 0.123. The van der Waals surface area contributed by atoms with Crippen molar-refractivity contribution in [3.8, 4) is 0 Å². The van der Waals surface area contributed by atoms with Crippen molar-refractivity contribution in [2.24, 2.45) is 11.3 Å². The van der Waals surface area contributed by atoms with Crippen LogP contribution in [0, 0.1) is 11.3 Å². The predicted octanol–water partition coefficient (Wildman–Crippen LogP) is 0.555. The monoisotopic (exact) mass is 213 g/mol. The summed E-state index contributed by atoms with van der Waals surface area (Å²) < 4.78 is 0. The van der Waals surface area contributed by atoms with Crippen molar-refractivity contribution < 1.29 is 15.0 Å². The molecule has 1 aliphatic carbocycles. The number of aliphatic hydroxyl groups excluding tert-OH is 1. The fraction of sp³-hybridized carbons (Fsp3) is 0.909. The molecule has 0 aromatic heterocycles. The second-order valence-electron chi connectivity index (χ2n) is 5.01. The summed E-state index contributed by atoms with van der Waals surface area (Å²) in [6, 6.07) is 0. The van der Waals surface area contributed by atoms with Crippen LogP contribution < -0.4 is 0 Å². The molecule has 1 saturated carbocycles. The van der Waals surface area contributed by atoms with Crippen molar-refractivity contribution in [1.29, 1.82) is 0 Å². The molecule has 0 radical (unpaired) electrons. The van der Waals surface area contributed by atoms with Crippen molar-refractivity contribution in [2.75, 3.05) is 26.2 Å². The van der Waals surface area contributed by atoms with Gasteiger partial charge in [-0.2, -0.15) is 0 Å². The zero-order chi connectivity index (χ0) is 10.9. The molecule has 0 amide bonds. The van der Waals surface area contributed by atoms with Gasteiger partial charge in [-0.05, 0) is 18.3 Å². The Hall–Kier alpha value is -0.610. The zero-order valence-corrected chi connectivity index (χ0v) is 8.98. The summed E-state index contributed by atoms with van der Waals surface area (Å²) in [5, 5.41) is 18.1. The van der Waals surface area contributed by atoms with Crippen LogP contribution in [-0.4, -0.2) is 47.3 Å². The summed E-state index contributed by atoms with van der Waals surface area (Å²) in [5.74, 6) is -0.471. The highest BCUT2D eigenvalue weighted by molar-refractivity contribution is 5.69. The van der Waals surface area contributed by atoms with Crippen LogP contribution in [0.4, 0.5) is 0 Å². The number of aliphatic hydroxyl groups is 1. The van der Waals surface area contributed by atoms with Crippen molar-refractivity contribution >= 4 is 5.97 Å². The zero-order valence-electron chi connectivity index (χ0n) is 8.98. The third-order valence-corrected chi connectivity index (χ3v) is 4.06. The number of likely N-dealkylation sites (tertiary alicyclic amines) is 1. The molecule has 2 aliphatic rings. The van der Waals surface area contributed by atoms with E-state index in [1.165, 1.54) is 12.8 Å². The Balaban J connectivity index is 2.03. The van der Waals surface area contributed by atoms with Gasteiger partial charge in [0.25, 0.3) is 0 Å². The average Bonchev–Trinajstić information content (AvgIpc) is 2.74. The molecule has 15 heavy (non-hydrogen) atoms. The number of carbonyl (C=O) groups is 1. The molecule has 2 N–H and O–H groups in total. The van der Waals surface area contributed by atoms with E-state index in [2.05, 4.69) is 0 Å². The highest BCUT2D eigenvalue weighted by Crippen LogP contribution is 2.48. The van der Waals surface area contributed by atoms with E-state index in [0.717, 1.165) is 25.9 Å². The minimum atomic E-state index is -0.762. The minimum Gasteiger partial charge on any atom is -0.480 e. The van der Waals surface area contributed by atoms with Crippen molar-refractivity contribution in [2.45, 2.75) is 25.7 Å². The largest absolute Gasteiger partial charge is 0.480 e. The molecule has 1 heterocycles. The van der Waals surface area contributed by atoms with E-state index >= 15 is 0 Å². The Morgan fingerprint density at radius 1 is 1.40 bits per heavy atom. The summed E-state index contributed by atoms with van der Waals surface area (Å²) >= 11 is 0. The fourth-order valence-electron chi connectivity index (χ4n) is 3.35. The van der Waals surface area contributed by atoms with E-state index in [0.29, 0.717) is 5.92 Å². The van der Waals surface area contributed by atoms with Gasteiger partial charge in [0.15, 0.2) is 0 Å². The van der Waals surface area contributed by atoms with Crippen LogP contribution in [0.1, 0.15) is 25.7 Å². The van der Waals surface area contributed by atoms with Gasteiger partial charge in [0.2, 0.25) is 0 Å². The molecule has 4 nitrogen and oxygen atoms in total. The van der Waals surface area contributed by atoms with Crippen LogP contribution in [0.15, 0.2) is 0 Å². The summed E-state index contributed by atoms with van der Waals surface area (Å²) in [6.07, 6.45) is 4.79. The van der Waals surface area contributed by atoms with Gasteiger partial charge >= 0.3 is 5.97 Å². The summed E-state index contributed by atoms with van der Waals surface area (Å²) in [7, 11) is 0. The van der Waals surface area contributed by atoms with E-state index in [1.54, 1.807) is 0 Å². The lowest BCUT2D eigenvalue weighted by Gasteiger charge is -2.28. The highest BCUT2D eigenvalue weighted by atomic mass is 16.4. The number of carboxylic acids is 1. The number of hydrogen-bond donors (Lipinski definition) is 2. The van der Waals surface area contributed by atoms with Gasteiger partial charge in [0, 0.05) is 25.6 Å². The molecule has 0 bridgehead atoms. The molecular formula is C11H19NO3. The van der Waals surface area contributed by atoms with Crippen molar-refractivity contribution in [3.63, 3.8) is 0 Å². The van der Waals surface area contributed by atoms with Gasteiger partial charge < -0.3 is 10.2 Å². The molecular weight excluding hydrogens is 194 g/mol. The van der Waals surface area contributed by atoms with Crippen LogP contribution in [-0.2, 0) is 4.79 Å². The second-order valence-corrected chi connectivity index (χ2v) is 5.01. The lowest BCUT2D eigenvalue weighted by atomic mass is 9.77. The predicted molar refractivity (Wildman–Crippen MR) is 55.6 cm³/mol. The Morgan fingerprint density at radius 3 is 2.60 bits per heavy atom. The first kappa shape index (κ1) is 10.9. The molecule has 1 saturated heterocycles. The van der Waals surface area contributed by atoms with E-state index in [-0.39, 0.29) is 18.6 Å². The Morgan fingerprint density at radius 2 is 2.07 bits per heavy atom. The quantitative estimate of drug-likeness (QED) is 0.719. The molecule has 0 aromatic carbocycles. The molecule has 1 aliphatic heterocycles. The summed E-state index contributed by atoms with van der Waals surface area (Å²) in [4.78, 5) is 12.6. The van der Waals surface area contributed by atoms with E-state index in [1.807, 2.05) is 4.90 Å². The standard InChI is InChI=1S/C11H19NO3/c13-7-9-5-12(6-10(14)15)8-11(9)3-1-2-4-11/h9,13H,1-8H2,(H,14,15)/t9-/m0/s1. The molecule has 86 valence electrons. The Kier molecular flexibility index (Phi) is 2.98. The van der Waals surface area contributed by atoms with Crippen LogP contribution in [0.25, 0.3) is 0 Å². The maximum absolute atomic E-state index is 10.6. The number of nitrogens with zero attached hydrogens (tertiary/aromatic N) is 1. The van der Waals surface area contributed by atoms with Gasteiger partial charge in [-0.3, -0.25) is 9.69 Å². The first-order valence-electron chi connectivity index (χ1n) is 5.71. The molecule has 4 heteroatoms. The molecule has 1 spiro atoms. The molecule has 0 unspecified atom stereocenters. The van der Waals surface area contributed by atoms with E-state index in [4.69, 9.17) is 5.11 Å². The number of aliphatic carboxylic acids is 1. The maximum atomic E-state index is 10.6. The SMILES string of the molecule is O=C(O)CN1C[C@@H](CO)C2(CCCC2)C1. The maximum Gasteiger partial charge on any atom is 0.317 e. The normalized spacial score (nSPS) is 30.1. The Bertz CT molecular complexity index is 248. The van der Waals surface area contributed by atoms with Gasteiger partial charge in [-0.15, -0.1) is 0 Å². The van der Waals surface area contributed by atoms with Crippen molar-refractivity contribution in [3.05, 3.63) is 0 Å². The van der Waals surface area contributed by atoms with Crippen LogP contribution >= 0.6 is 0 Å². The number of carboxylic acid groups (broad SMARTS) is 1. The lowest BCUT2D eigenvalue weighted by Crippen LogP contribution is -2.30. The summed E-state index contributed by atoms with van der Waals surface area (Å²) in [6.45, 7) is 1.95. The van der Waals surface area contributed by atoms with Crippen LogP contribution in [0.2, 0.25) is 0 Å². The first-order valence-corrected chi connectivity index (χ1v) is 5.71. The molecule has 2 rings (SSSR count). The third kappa shape index (κ3) is 2.01. The molecule has 1 atom stereocenters. The molecule has 2 fully saturated rings. The number of hydrogen-bond acceptors (Lipinski definition) is 3. The Labute approximate surface area is 89.9 Å². The number of rotatable bonds is 3. The van der Waals surface area contributed by atoms with Gasteiger partial charge in [0.05, 0.1) is 6.54 Å². The van der Waals surface area contributed by atoms with E-state index in [9.17, 15) is 9.90 Å². The summed E-state index contributed by atoms with van der Waals surface area (Å²) in [5.41, 5.74) is 0.226. The topological polar surface area (TPSA) is 60.8 Å². The third-order valence-electron chi connectivity index (χ3n) is 4.06. The first-order chi connectivity index (χ1) is 7.16. The van der Waals surface area contributed by atoms with Crippen LogP contribution in [0.5, 0.6) is 0 Å². The van der Waals surface area contributed by atoms with Crippen LogP contribution in [0.3, 0.4) is 0 Å². The lowest BCUT2D eigenvalue weighted by molar-refractivity contribution is -0.138. The van der Waals surface area contributed by atoms with Gasteiger partial charge in [0.1, 0.15) is 0 Å². The smallest absolute Gasteiger partial charge is 0.317 e. The van der Waals surface area contributed by atoms with Crippen molar-refractivity contribution in [1.82, 2.24) is 4.90 Å². The molecule has 0 aromatic rings. The second kappa shape index (κ2) is 4.10. The average molecular weight is 213 g/mol. The van der Waals surface area contributed by atoms with E-state index < -0.39 is 5.97 Å². The highest BCUT2D eigenvalue weighted by Gasteiger charge is 2.47. The fourth-order valence-corrected chi connectivity index (χ4v) is 3.35. The van der Waals surface area contributed by atoms with Gasteiger partial charge in [-0.25, -0.2) is 0 Å². The van der Waals surface area contributed by atoms with Gasteiger partial charge in [-0.1, -0.05) is 12.8 Å².